The van der Waals surface area contributed by atoms with Crippen LogP contribution >= 0.6 is 11.8 Å². The summed E-state index contributed by atoms with van der Waals surface area (Å²) >= 11 is 2.01. The quantitative estimate of drug-likeness (QED) is 0.810. The van der Waals surface area contributed by atoms with Crippen molar-refractivity contribution in [1.82, 2.24) is 5.32 Å². The van der Waals surface area contributed by atoms with E-state index >= 15 is 0 Å². The molecule has 0 amide bonds. The van der Waals surface area contributed by atoms with Crippen LogP contribution in [-0.2, 0) is 6.54 Å². The van der Waals surface area contributed by atoms with Crippen LogP contribution in [0.25, 0.3) is 0 Å². The summed E-state index contributed by atoms with van der Waals surface area (Å²) in [5.74, 6) is 0. The average molecular weight is 211 g/mol. The smallest absolute Gasteiger partial charge is 0.0947 e. The number of rotatable bonds is 5. The maximum absolute atomic E-state index is 5.02. The van der Waals surface area contributed by atoms with Crippen molar-refractivity contribution in [3.8, 4) is 0 Å². The highest BCUT2D eigenvalue weighted by Gasteiger charge is 2.35. The predicted molar refractivity (Wildman–Crippen MR) is 60.5 cm³/mol. The summed E-state index contributed by atoms with van der Waals surface area (Å²) in [7, 11) is 0. The van der Waals surface area contributed by atoms with Crippen LogP contribution in [0.3, 0.4) is 0 Å². The molecule has 1 N–H and O–H groups in total. The zero-order valence-corrected chi connectivity index (χ0v) is 9.40. The van der Waals surface area contributed by atoms with E-state index in [4.69, 9.17) is 4.42 Å². The fraction of sp³-hybridized carbons (Fsp3) is 0.636. The molecule has 2 nitrogen and oxygen atoms in total. The van der Waals surface area contributed by atoms with Crippen molar-refractivity contribution in [2.45, 2.75) is 30.6 Å². The molecule has 14 heavy (non-hydrogen) atoms. The standard InChI is InChI=1S/C11H17NOS/c1-14-11(4-2-5-11)9-12-7-10-3-6-13-8-10/h3,6,8,12H,2,4-5,7,9H2,1H3. The molecule has 0 aromatic carbocycles. The van der Waals surface area contributed by atoms with Gasteiger partial charge in [-0.2, -0.15) is 11.8 Å². The van der Waals surface area contributed by atoms with Gasteiger partial charge in [-0.05, 0) is 25.2 Å². The zero-order chi connectivity index (χ0) is 9.86. The molecule has 1 aliphatic carbocycles. The Morgan fingerprint density at radius 3 is 2.93 bits per heavy atom. The summed E-state index contributed by atoms with van der Waals surface area (Å²) in [5, 5.41) is 3.50. The fourth-order valence-corrected chi connectivity index (χ4v) is 2.80. The van der Waals surface area contributed by atoms with Gasteiger partial charge < -0.3 is 9.73 Å². The van der Waals surface area contributed by atoms with Crippen LogP contribution in [-0.4, -0.2) is 17.5 Å². The van der Waals surface area contributed by atoms with E-state index in [0.29, 0.717) is 4.75 Å². The third kappa shape index (κ3) is 2.15. The minimum absolute atomic E-state index is 0.531. The minimum Gasteiger partial charge on any atom is -0.472 e. The highest BCUT2D eigenvalue weighted by atomic mass is 32.2. The number of thioether (sulfide) groups is 1. The van der Waals surface area contributed by atoms with Gasteiger partial charge >= 0.3 is 0 Å². The largest absolute Gasteiger partial charge is 0.472 e. The monoisotopic (exact) mass is 211 g/mol. The van der Waals surface area contributed by atoms with Crippen LogP contribution in [0.1, 0.15) is 24.8 Å². The Bertz CT molecular complexity index is 261. The molecule has 1 heterocycles. The van der Waals surface area contributed by atoms with E-state index in [-0.39, 0.29) is 0 Å². The Kier molecular flexibility index (Phi) is 3.19. The minimum atomic E-state index is 0.531. The molecule has 1 aromatic rings. The normalized spacial score (nSPS) is 19.2. The molecule has 1 aromatic heterocycles. The van der Waals surface area contributed by atoms with Crippen LogP contribution in [0.4, 0.5) is 0 Å². The molecule has 78 valence electrons. The molecule has 2 rings (SSSR count). The Hall–Kier alpha value is -0.410. The van der Waals surface area contributed by atoms with Crippen molar-refractivity contribution in [2.75, 3.05) is 12.8 Å². The summed E-state index contributed by atoms with van der Waals surface area (Å²) in [6, 6.07) is 2.01. The molecule has 0 bridgehead atoms. The lowest BCUT2D eigenvalue weighted by Crippen LogP contribution is -2.43. The van der Waals surface area contributed by atoms with Crippen molar-refractivity contribution in [3.05, 3.63) is 24.2 Å². The molecule has 1 fully saturated rings. The number of nitrogens with one attached hydrogen (secondary N) is 1. The van der Waals surface area contributed by atoms with Gasteiger partial charge in [0.15, 0.2) is 0 Å². The molecule has 0 unspecified atom stereocenters. The van der Waals surface area contributed by atoms with Crippen molar-refractivity contribution < 1.29 is 4.42 Å². The second-order valence-corrected chi connectivity index (χ2v) is 5.25. The Balaban J connectivity index is 1.72. The van der Waals surface area contributed by atoms with Crippen LogP contribution in [0, 0.1) is 0 Å². The van der Waals surface area contributed by atoms with Gasteiger partial charge in [0.25, 0.3) is 0 Å². The third-order valence-corrected chi connectivity index (χ3v) is 4.47. The molecule has 3 heteroatoms. The summed E-state index contributed by atoms with van der Waals surface area (Å²) in [5.41, 5.74) is 1.24. The Morgan fingerprint density at radius 2 is 2.43 bits per heavy atom. The van der Waals surface area contributed by atoms with Crippen LogP contribution in [0.5, 0.6) is 0 Å². The molecule has 0 spiro atoms. The average Bonchev–Trinajstić information content (AvgIpc) is 2.62. The molecule has 0 radical (unpaired) electrons. The van der Waals surface area contributed by atoms with E-state index in [1.165, 1.54) is 24.8 Å². The highest BCUT2D eigenvalue weighted by molar-refractivity contribution is 8.00. The topological polar surface area (TPSA) is 25.2 Å². The summed E-state index contributed by atoms with van der Waals surface area (Å²) in [6.45, 7) is 2.05. The lowest BCUT2D eigenvalue weighted by Gasteiger charge is -2.40. The molecule has 1 saturated carbocycles. The summed E-state index contributed by atoms with van der Waals surface area (Å²) in [4.78, 5) is 0. The van der Waals surface area contributed by atoms with Crippen molar-refractivity contribution in [3.63, 3.8) is 0 Å². The number of furan rings is 1. The van der Waals surface area contributed by atoms with E-state index < -0.39 is 0 Å². The molecule has 0 aliphatic heterocycles. The number of hydrogen-bond acceptors (Lipinski definition) is 3. The van der Waals surface area contributed by atoms with Crippen LogP contribution in [0.2, 0.25) is 0 Å². The van der Waals surface area contributed by atoms with Gasteiger partial charge in [0.1, 0.15) is 0 Å². The fourth-order valence-electron chi connectivity index (χ4n) is 1.85. The van der Waals surface area contributed by atoms with Gasteiger partial charge in [0.2, 0.25) is 0 Å². The number of hydrogen-bond donors (Lipinski definition) is 1. The van der Waals surface area contributed by atoms with E-state index in [9.17, 15) is 0 Å². The lowest BCUT2D eigenvalue weighted by atomic mass is 9.84. The maximum atomic E-state index is 5.02. The first-order chi connectivity index (χ1) is 6.85. The Labute approximate surface area is 89.4 Å². The van der Waals surface area contributed by atoms with E-state index in [1.54, 1.807) is 12.5 Å². The van der Waals surface area contributed by atoms with Crippen molar-refractivity contribution in [2.24, 2.45) is 0 Å². The summed E-state index contributed by atoms with van der Waals surface area (Å²) < 4.78 is 5.55. The first-order valence-electron chi connectivity index (χ1n) is 5.12. The highest BCUT2D eigenvalue weighted by Crippen LogP contribution is 2.42. The van der Waals surface area contributed by atoms with Gasteiger partial charge in [-0.3, -0.25) is 0 Å². The second-order valence-electron chi connectivity index (χ2n) is 3.98. The molecule has 0 saturated heterocycles. The van der Waals surface area contributed by atoms with Gasteiger partial charge in [0.05, 0.1) is 12.5 Å². The molecule has 1 aliphatic rings. The second kappa shape index (κ2) is 4.41. The SMILES string of the molecule is CSC1(CNCc2ccoc2)CCC1. The first kappa shape index (κ1) is 10.1. The van der Waals surface area contributed by atoms with Crippen molar-refractivity contribution >= 4 is 11.8 Å². The van der Waals surface area contributed by atoms with Gasteiger partial charge in [-0.25, -0.2) is 0 Å². The van der Waals surface area contributed by atoms with E-state index in [0.717, 1.165) is 13.1 Å². The first-order valence-corrected chi connectivity index (χ1v) is 6.34. The molecular formula is C11H17NOS. The summed E-state index contributed by atoms with van der Waals surface area (Å²) in [6.07, 6.45) is 9.89. The predicted octanol–water partition coefficient (Wildman–Crippen LogP) is 2.65. The third-order valence-electron chi connectivity index (χ3n) is 3.05. The van der Waals surface area contributed by atoms with Gasteiger partial charge in [-0.15, -0.1) is 0 Å². The lowest BCUT2D eigenvalue weighted by molar-refractivity contribution is 0.345. The van der Waals surface area contributed by atoms with E-state index in [1.807, 2.05) is 17.8 Å². The van der Waals surface area contributed by atoms with Gasteiger partial charge in [-0.1, -0.05) is 6.42 Å². The zero-order valence-electron chi connectivity index (χ0n) is 8.58. The maximum Gasteiger partial charge on any atom is 0.0947 e. The molecular weight excluding hydrogens is 194 g/mol. The van der Waals surface area contributed by atoms with E-state index in [2.05, 4.69) is 11.6 Å². The van der Waals surface area contributed by atoms with Crippen LogP contribution in [0.15, 0.2) is 23.0 Å². The van der Waals surface area contributed by atoms with Crippen molar-refractivity contribution in [1.29, 1.82) is 0 Å². The Morgan fingerprint density at radius 1 is 1.57 bits per heavy atom. The van der Waals surface area contributed by atoms with Gasteiger partial charge in [0, 0.05) is 23.4 Å². The van der Waals surface area contributed by atoms with Crippen LogP contribution < -0.4 is 5.32 Å². The molecule has 0 atom stereocenters.